The number of halogens is 2. The Morgan fingerprint density at radius 2 is 1.06 bits per heavy atom. The second-order valence-electron chi connectivity index (χ2n) is 6.56. The van der Waals surface area contributed by atoms with Gasteiger partial charge in [-0.3, -0.25) is 30.2 Å². The first-order chi connectivity index (χ1) is 16.3. The van der Waals surface area contributed by atoms with E-state index in [0.717, 1.165) is 9.80 Å². The second-order valence-corrected chi connectivity index (χ2v) is 7.28. The molecule has 0 radical (unpaired) electrons. The molecule has 0 fully saturated rings. The summed E-state index contributed by atoms with van der Waals surface area (Å²) in [4.78, 5) is 42.0. The Bertz CT molecular complexity index is 1090. The van der Waals surface area contributed by atoms with Crippen LogP contribution in [0.4, 0.5) is 23.3 Å². The van der Waals surface area contributed by atoms with Crippen molar-refractivity contribution >= 4 is 70.2 Å². The maximum Gasteiger partial charge on any atom is 0.283 e. The molecule has 0 aliphatic heterocycles. The van der Waals surface area contributed by atoms with E-state index in [-0.39, 0.29) is 71.3 Å². The third-order valence-corrected chi connectivity index (χ3v) is 4.76. The van der Waals surface area contributed by atoms with Crippen molar-refractivity contribution in [3.63, 3.8) is 0 Å². The van der Waals surface area contributed by atoms with E-state index in [1.807, 2.05) is 0 Å². The quantitative estimate of drug-likeness (QED) is 0.107. The topological polar surface area (TPSA) is 305 Å². The van der Waals surface area contributed by atoms with Crippen LogP contribution in [0.1, 0.15) is 21.0 Å². The summed E-state index contributed by atoms with van der Waals surface area (Å²) in [5.74, 6) is -3.90. The lowest BCUT2D eigenvalue weighted by atomic mass is 10.3. The van der Waals surface area contributed by atoms with Gasteiger partial charge in [-0.05, 0) is 0 Å². The standard InChI is InChI=1S/C16H22Cl2N14O3/c17-7-11(21)29-9(19)5(27-7)13(33)31(15(23)24)1-3-35-4-2-32(16(25)26)14(34)6-10(20)30-12(22)8(18)28-6/h1-4H2,(H3,23,24)(H3,25,26)(H4,19,21,29)(H4,20,22,30). The molecule has 2 heterocycles. The molecule has 35 heavy (non-hydrogen) atoms. The number of nitrogens with one attached hydrogen (secondary N) is 2. The maximum atomic E-state index is 12.7. The van der Waals surface area contributed by atoms with E-state index in [4.69, 9.17) is 73.2 Å². The van der Waals surface area contributed by atoms with E-state index < -0.39 is 23.7 Å². The van der Waals surface area contributed by atoms with Gasteiger partial charge in [0.25, 0.3) is 11.8 Å². The van der Waals surface area contributed by atoms with E-state index in [1.54, 1.807) is 0 Å². The van der Waals surface area contributed by atoms with Gasteiger partial charge in [0, 0.05) is 0 Å². The van der Waals surface area contributed by atoms with E-state index in [0.29, 0.717) is 0 Å². The van der Waals surface area contributed by atoms with Crippen molar-refractivity contribution in [3.8, 4) is 0 Å². The number of hydrogen-bond donors (Lipinski definition) is 8. The molecular weight excluding hydrogens is 507 g/mol. The van der Waals surface area contributed by atoms with Crippen LogP contribution in [0.25, 0.3) is 0 Å². The highest BCUT2D eigenvalue weighted by atomic mass is 35.5. The molecule has 188 valence electrons. The normalized spacial score (nSPS) is 10.6. The number of nitrogens with two attached hydrogens (primary N) is 6. The van der Waals surface area contributed by atoms with Gasteiger partial charge in [0.1, 0.15) is 0 Å². The number of ether oxygens (including phenoxy) is 1. The van der Waals surface area contributed by atoms with Gasteiger partial charge in [-0.2, -0.15) is 0 Å². The highest BCUT2D eigenvalue weighted by Crippen LogP contribution is 2.19. The Balaban J connectivity index is 2.01. The average Bonchev–Trinajstić information content (AvgIpc) is 2.77. The Kier molecular flexibility index (Phi) is 8.70. The van der Waals surface area contributed by atoms with E-state index in [1.165, 1.54) is 0 Å². The smallest absolute Gasteiger partial charge is 0.283 e. The van der Waals surface area contributed by atoms with Crippen molar-refractivity contribution in [3.05, 3.63) is 21.7 Å². The molecule has 2 aromatic heterocycles. The second kappa shape index (κ2) is 11.3. The van der Waals surface area contributed by atoms with Gasteiger partial charge in [-0.15, -0.1) is 0 Å². The lowest BCUT2D eigenvalue weighted by molar-refractivity contribution is 0.0695. The molecule has 17 nitrogen and oxygen atoms in total. The van der Waals surface area contributed by atoms with Crippen molar-refractivity contribution in [2.24, 2.45) is 11.5 Å². The number of guanidine groups is 2. The van der Waals surface area contributed by atoms with Crippen LogP contribution in [-0.4, -0.2) is 79.8 Å². The summed E-state index contributed by atoms with van der Waals surface area (Å²) >= 11 is 11.6. The first-order valence-corrected chi connectivity index (χ1v) is 10.2. The summed E-state index contributed by atoms with van der Waals surface area (Å²) in [7, 11) is 0. The summed E-state index contributed by atoms with van der Waals surface area (Å²) < 4.78 is 5.39. The summed E-state index contributed by atoms with van der Waals surface area (Å²) in [5, 5.41) is 14.8. The molecule has 0 unspecified atom stereocenters. The highest BCUT2D eigenvalue weighted by Gasteiger charge is 2.26. The fourth-order valence-electron chi connectivity index (χ4n) is 2.53. The third-order valence-electron chi connectivity index (χ3n) is 4.21. The summed E-state index contributed by atoms with van der Waals surface area (Å²) in [6.45, 7) is -0.678. The first-order valence-electron chi connectivity index (χ1n) is 9.41. The fourth-order valence-corrected chi connectivity index (χ4v) is 2.78. The molecule has 0 aliphatic rings. The SMILES string of the molecule is N=C(N)N(CCOCCN(C(=N)N)C(=O)c1nc(Cl)c(N)nc1N)C(=O)c1nc(Cl)c(N)nc1N. The van der Waals surface area contributed by atoms with Crippen molar-refractivity contribution in [1.29, 1.82) is 10.8 Å². The molecule has 14 N–H and O–H groups in total. The molecular formula is C16H22Cl2N14O3. The predicted molar refractivity (Wildman–Crippen MR) is 128 cm³/mol. The van der Waals surface area contributed by atoms with Gasteiger partial charge < -0.3 is 39.1 Å². The summed E-state index contributed by atoms with van der Waals surface area (Å²) in [6.07, 6.45) is 0. The Morgan fingerprint density at radius 3 is 1.37 bits per heavy atom. The lowest BCUT2D eigenvalue weighted by Gasteiger charge is -2.22. The molecule has 0 spiro atoms. The highest BCUT2D eigenvalue weighted by molar-refractivity contribution is 6.32. The zero-order valence-electron chi connectivity index (χ0n) is 18.0. The fraction of sp³-hybridized carbons (Fsp3) is 0.250. The van der Waals surface area contributed by atoms with E-state index >= 15 is 0 Å². The summed E-state index contributed by atoms with van der Waals surface area (Å²) in [5.41, 5.74) is 32.6. The van der Waals surface area contributed by atoms with Crippen LogP contribution >= 0.6 is 23.2 Å². The molecule has 0 atom stereocenters. The van der Waals surface area contributed by atoms with Gasteiger partial charge in [0.2, 0.25) is 0 Å². The number of carbonyl (C=O) groups excluding carboxylic acids is 2. The Morgan fingerprint density at radius 1 is 0.714 bits per heavy atom. The molecule has 0 aliphatic carbocycles. The number of carbonyl (C=O) groups is 2. The largest absolute Gasteiger partial charge is 0.382 e. The average molecular weight is 529 g/mol. The van der Waals surface area contributed by atoms with Crippen LogP contribution in [0, 0.1) is 10.8 Å². The summed E-state index contributed by atoms with van der Waals surface area (Å²) in [6, 6.07) is 0. The lowest BCUT2D eigenvalue weighted by Crippen LogP contribution is -2.45. The van der Waals surface area contributed by atoms with Crippen LogP contribution < -0.4 is 34.4 Å². The molecule has 19 heteroatoms. The number of nitrogen functional groups attached to an aromatic ring is 4. The molecule has 0 aromatic carbocycles. The van der Waals surface area contributed by atoms with Crippen LogP contribution in [0.5, 0.6) is 0 Å². The third kappa shape index (κ3) is 6.43. The minimum Gasteiger partial charge on any atom is -0.382 e. The van der Waals surface area contributed by atoms with Crippen LogP contribution in [-0.2, 0) is 4.74 Å². The number of amides is 2. The van der Waals surface area contributed by atoms with Crippen molar-refractivity contribution in [2.45, 2.75) is 0 Å². The Labute approximate surface area is 207 Å². The number of rotatable bonds is 8. The van der Waals surface area contributed by atoms with Crippen LogP contribution in [0.3, 0.4) is 0 Å². The molecule has 0 bridgehead atoms. The monoisotopic (exact) mass is 528 g/mol. The van der Waals surface area contributed by atoms with Crippen molar-refractivity contribution < 1.29 is 14.3 Å². The zero-order chi connectivity index (χ0) is 26.4. The number of hydrogen-bond acceptors (Lipinski definition) is 13. The van der Waals surface area contributed by atoms with Crippen LogP contribution in [0.2, 0.25) is 10.3 Å². The van der Waals surface area contributed by atoms with Crippen molar-refractivity contribution in [2.75, 3.05) is 49.2 Å². The van der Waals surface area contributed by atoms with Crippen molar-refractivity contribution in [1.82, 2.24) is 29.7 Å². The number of anilines is 4. The van der Waals surface area contributed by atoms with Gasteiger partial charge in [0.05, 0.1) is 26.3 Å². The number of aromatic nitrogens is 4. The minimum absolute atomic E-state index is 0.142. The zero-order valence-corrected chi connectivity index (χ0v) is 19.5. The minimum atomic E-state index is -0.859. The van der Waals surface area contributed by atoms with Crippen LogP contribution in [0.15, 0.2) is 0 Å². The maximum absolute atomic E-state index is 12.7. The van der Waals surface area contributed by atoms with E-state index in [9.17, 15) is 9.59 Å². The van der Waals surface area contributed by atoms with Gasteiger partial charge in [-0.1, -0.05) is 23.2 Å². The predicted octanol–water partition coefficient (Wildman–Crippen LogP) is -1.71. The van der Waals surface area contributed by atoms with Gasteiger partial charge >= 0.3 is 0 Å². The van der Waals surface area contributed by atoms with Gasteiger partial charge in [0.15, 0.2) is 56.9 Å². The molecule has 0 saturated carbocycles. The molecule has 2 aromatic rings. The first kappa shape index (κ1) is 27.0. The number of nitrogens with zero attached hydrogens (tertiary/aromatic N) is 6. The molecule has 0 saturated heterocycles. The van der Waals surface area contributed by atoms with E-state index in [2.05, 4.69) is 19.9 Å². The molecule has 2 rings (SSSR count). The Hall–Kier alpha value is -4.22. The molecule has 2 amide bonds. The van der Waals surface area contributed by atoms with Gasteiger partial charge in [-0.25, -0.2) is 19.9 Å².